The van der Waals surface area contributed by atoms with Crippen molar-refractivity contribution in [3.05, 3.63) is 40.9 Å². The van der Waals surface area contributed by atoms with Crippen LogP contribution in [0.4, 0.5) is 0 Å². The highest BCUT2D eigenvalue weighted by atomic mass is 35.5. The molecule has 2 N–H and O–H groups in total. The first-order chi connectivity index (χ1) is 9.19. The van der Waals surface area contributed by atoms with Crippen molar-refractivity contribution in [2.45, 2.75) is 31.2 Å². The van der Waals surface area contributed by atoms with E-state index in [9.17, 15) is 13.2 Å². The summed E-state index contributed by atoms with van der Waals surface area (Å²) in [5, 5.41) is 9.12. The number of carboxylic acid groups (broad SMARTS) is 1. The van der Waals surface area contributed by atoms with Gasteiger partial charge in [0.15, 0.2) is 0 Å². The van der Waals surface area contributed by atoms with Crippen molar-refractivity contribution in [3.8, 4) is 0 Å². The van der Waals surface area contributed by atoms with Crippen LogP contribution in [0.2, 0.25) is 5.02 Å². The fourth-order valence-corrected chi connectivity index (χ4v) is 3.61. The Morgan fingerprint density at radius 2 is 2.15 bits per heavy atom. The van der Waals surface area contributed by atoms with E-state index in [1.807, 2.05) is 0 Å². The van der Waals surface area contributed by atoms with Crippen LogP contribution in [0.5, 0.6) is 0 Å². The van der Waals surface area contributed by atoms with Crippen LogP contribution in [-0.4, -0.2) is 25.5 Å². The summed E-state index contributed by atoms with van der Waals surface area (Å²) in [6.45, 7) is 6.67. The zero-order valence-corrected chi connectivity index (χ0v) is 12.8. The van der Waals surface area contributed by atoms with Crippen LogP contribution in [0.25, 0.3) is 0 Å². The van der Waals surface area contributed by atoms with Crippen molar-refractivity contribution < 1.29 is 18.3 Å². The summed E-state index contributed by atoms with van der Waals surface area (Å²) in [5.41, 5.74) is 0.0226. The number of nitrogens with one attached hydrogen (secondary N) is 1. The molecule has 1 rings (SSSR count). The molecule has 0 bridgehead atoms. The van der Waals surface area contributed by atoms with Gasteiger partial charge in [0.2, 0.25) is 10.0 Å². The summed E-state index contributed by atoms with van der Waals surface area (Å²) in [5.74, 6) is -1.22. The molecular formula is C13H16ClNO4S. The van der Waals surface area contributed by atoms with Gasteiger partial charge in [-0.3, -0.25) is 0 Å². The Balaban J connectivity index is 3.31. The average molecular weight is 318 g/mol. The maximum Gasteiger partial charge on any atom is 0.336 e. The lowest BCUT2D eigenvalue weighted by atomic mass is 10.1. The number of aromatic carboxylic acids is 1. The monoisotopic (exact) mass is 317 g/mol. The largest absolute Gasteiger partial charge is 0.478 e. The third-order valence-corrected chi connectivity index (χ3v) is 4.66. The van der Waals surface area contributed by atoms with Crippen molar-refractivity contribution >= 4 is 27.6 Å². The molecule has 0 aliphatic rings. The van der Waals surface area contributed by atoms with E-state index < -0.39 is 16.0 Å². The van der Waals surface area contributed by atoms with E-state index in [1.54, 1.807) is 13.0 Å². The van der Waals surface area contributed by atoms with E-state index in [-0.39, 0.29) is 27.1 Å². The molecule has 0 spiro atoms. The maximum absolute atomic E-state index is 12.3. The fraction of sp³-hybridized carbons (Fsp3) is 0.308. The summed E-state index contributed by atoms with van der Waals surface area (Å²) >= 11 is 5.80. The third-order valence-electron chi connectivity index (χ3n) is 2.72. The van der Waals surface area contributed by atoms with E-state index in [2.05, 4.69) is 11.3 Å². The molecule has 5 nitrogen and oxygen atoms in total. The van der Waals surface area contributed by atoms with Gasteiger partial charge in [0.05, 0.1) is 10.5 Å². The Hall–Kier alpha value is -1.37. The number of hydrogen-bond donors (Lipinski definition) is 2. The van der Waals surface area contributed by atoms with Crippen LogP contribution in [0.1, 0.15) is 29.3 Å². The molecular weight excluding hydrogens is 302 g/mol. The van der Waals surface area contributed by atoms with Gasteiger partial charge in [-0.05, 0) is 38.0 Å². The summed E-state index contributed by atoms with van der Waals surface area (Å²) < 4.78 is 27.0. The highest BCUT2D eigenvalue weighted by Gasteiger charge is 2.23. The zero-order chi connectivity index (χ0) is 15.5. The molecule has 0 saturated carbocycles. The van der Waals surface area contributed by atoms with E-state index in [4.69, 9.17) is 16.7 Å². The van der Waals surface area contributed by atoms with Gasteiger partial charge in [0, 0.05) is 11.1 Å². The lowest BCUT2D eigenvalue weighted by molar-refractivity contribution is 0.0696. The minimum absolute atomic E-state index is 0.0600. The van der Waals surface area contributed by atoms with E-state index >= 15 is 0 Å². The van der Waals surface area contributed by atoms with Crippen molar-refractivity contribution in [1.82, 2.24) is 4.72 Å². The number of rotatable bonds is 6. The van der Waals surface area contributed by atoms with Crippen molar-refractivity contribution in [1.29, 1.82) is 0 Å². The van der Waals surface area contributed by atoms with E-state index in [0.29, 0.717) is 6.42 Å². The molecule has 1 aromatic carbocycles. The van der Waals surface area contributed by atoms with Gasteiger partial charge in [-0.25, -0.2) is 17.9 Å². The van der Waals surface area contributed by atoms with Crippen LogP contribution in [0.15, 0.2) is 29.7 Å². The van der Waals surface area contributed by atoms with Crippen LogP contribution < -0.4 is 4.72 Å². The Morgan fingerprint density at radius 3 is 2.65 bits per heavy atom. The van der Waals surface area contributed by atoms with Gasteiger partial charge in [-0.2, -0.15) is 0 Å². The van der Waals surface area contributed by atoms with Crippen molar-refractivity contribution in [2.75, 3.05) is 0 Å². The Kier molecular flexibility index (Phi) is 5.33. The quantitative estimate of drug-likeness (QED) is 0.790. The topological polar surface area (TPSA) is 83.5 Å². The molecule has 0 amide bonds. The Labute approximate surface area is 123 Å². The molecule has 1 atom stereocenters. The SMILES string of the molecule is C=CCC(C)NS(=O)(=O)c1cc(Cl)cc(C(=O)O)c1C. The molecule has 1 unspecified atom stereocenters. The Bertz CT molecular complexity index is 640. The first-order valence-electron chi connectivity index (χ1n) is 5.85. The molecule has 1 aromatic rings. The number of carboxylic acids is 1. The third kappa shape index (κ3) is 3.82. The second kappa shape index (κ2) is 6.39. The predicted octanol–water partition coefficient (Wildman–Crippen LogP) is 2.59. The number of halogens is 1. The normalized spacial score (nSPS) is 12.9. The number of benzene rings is 1. The van der Waals surface area contributed by atoms with E-state index in [0.717, 1.165) is 0 Å². The molecule has 0 saturated heterocycles. The van der Waals surface area contributed by atoms with Crippen LogP contribution in [0, 0.1) is 6.92 Å². The summed E-state index contributed by atoms with van der Waals surface area (Å²) in [6, 6.07) is 2.13. The summed E-state index contributed by atoms with van der Waals surface area (Å²) in [6.07, 6.45) is 2.06. The van der Waals surface area contributed by atoms with Gasteiger partial charge in [0.25, 0.3) is 0 Å². The lowest BCUT2D eigenvalue weighted by Gasteiger charge is -2.15. The molecule has 0 radical (unpaired) electrons. The number of carbonyl (C=O) groups is 1. The summed E-state index contributed by atoms with van der Waals surface area (Å²) in [7, 11) is -3.84. The first-order valence-corrected chi connectivity index (χ1v) is 7.71. The van der Waals surface area contributed by atoms with Crippen LogP contribution >= 0.6 is 11.6 Å². The number of sulfonamides is 1. The second-order valence-electron chi connectivity index (χ2n) is 4.43. The van der Waals surface area contributed by atoms with Crippen LogP contribution in [-0.2, 0) is 10.0 Å². The molecule has 7 heteroatoms. The van der Waals surface area contributed by atoms with Gasteiger partial charge < -0.3 is 5.11 Å². The minimum atomic E-state index is -3.84. The molecule has 20 heavy (non-hydrogen) atoms. The molecule has 0 heterocycles. The standard InChI is InChI=1S/C13H16ClNO4S/c1-4-5-8(2)15-20(18,19)12-7-10(14)6-11(9(12)3)13(16)17/h4,6-8,15H,1,5H2,2-3H3,(H,16,17). The second-order valence-corrected chi connectivity index (χ2v) is 6.55. The highest BCUT2D eigenvalue weighted by Crippen LogP contribution is 2.24. The average Bonchev–Trinajstić information content (AvgIpc) is 2.30. The maximum atomic E-state index is 12.3. The zero-order valence-electron chi connectivity index (χ0n) is 11.2. The summed E-state index contributed by atoms with van der Waals surface area (Å²) in [4.78, 5) is 11.0. The van der Waals surface area contributed by atoms with Gasteiger partial charge in [0.1, 0.15) is 0 Å². The molecule has 0 aliphatic heterocycles. The first kappa shape index (κ1) is 16.7. The lowest BCUT2D eigenvalue weighted by Crippen LogP contribution is -2.32. The molecule has 0 aromatic heterocycles. The van der Waals surface area contributed by atoms with E-state index in [1.165, 1.54) is 19.1 Å². The molecule has 0 aliphatic carbocycles. The smallest absolute Gasteiger partial charge is 0.336 e. The van der Waals surface area contributed by atoms with Gasteiger partial charge in [-0.15, -0.1) is 6.58 Å². The van der Waals surface area contributed by atoms with Crippen molar-refractivity contribution in [2.24, 2.45) is 0 Å². The van der Waals surface area contributed by atoms with Gasteiger partial charge in [-0.1, -0.05) is 17.7 Å². The molecule has 0 fully saturated rings. The molecule has 110 valence electrons. The van der Waals surface area contributed by atoms with Crippen molar-refractivity contribution in [3.63, 3.8) is 0 Å². The minimum Gasteiger partial charge on any atom is -0.478 e. The highest BCUT2D eigenvalue weighted by molar-refractivity contribution is 7.89. The van der Waals surface area contributed by atoms with Crippen LogP contribution in [0.3, 0.4) is 0 Å². The number of hydrogen-bond acceptors (Lipinski definition) is 3. The fourth-order valence-electron chi connectivity index (χ4n) is 1.78. The van der Waals surface area contributed by atoms with Gasteiger partial charge >= 0.3 is 5.97 Å². The Morgan fingerprint density at radius 1 is 1.55 bits per heavy atom. The predicted molar refractivity (Wildman–Crippen MR) is 77.7 cm³/mol.